The zero-order valence-corrected chi connectivity index (χ0v) is 16.7. The minimum absolute atomic E-state index is 0.242. The van der Waals surface area contributed by atoms with E-state index in [-0.39, 0.29) is 11.6 Å². The number of carbonyl (C=O) groups is 1. The van der Waals surface area contributed by atoms with Crippen LogP contribution in [0.25, 0.3) is 16.9 Å². The van der Waals surface area contributed by atoms with Crippen LogP contribution in [0.1, 0.15) is 21.6 Å². The number of nitrogens with zero attached hydrogens (tertiary/aromatic N) is 4. The molecule has 0 saturated heterocycles. The molecule has 0 spiro atoms. The molecule has 30 heavy (non-hydrogen) atoms. The lowest BCUT2D eigenvalue weighted by atomic mass is 10.1. The molecule has 0 atom stereocenters. The van der Waals surface area contributed by atoms with E-state index in [9.17, 15) is 4.79 Å². The lowest BCUT2D eigenvalue weighted by Gasteiger charge is -2.09. The molecule has 1 N–H and O–H groups in total. The predicted molar refractivity (Wildman–Crippen MR) is 113 cm³/mol. The second-order valence-corrected chi connectivity index (χ2v) is 6.81. The van der Waals surface area contributed by atoms with E-state index >= 15 is 0 Å². The summed E-state index contributed by atoms with van der Waals surface area (Å²) in [6.07, 6.45) is 3.37. The van der Waals surface area contributed by atoms with Crippen molar-refractivity contribution in [1.29, 1.82) is 0 Å². The Bertz CT molecular complexity index is 1140. The number of rotatable bonds is 6. The number of hydrogen-bond donors (Lipinski definition) is 1. The summed E-state index contributed by atoms with van der Waals surface area (Å²) in [5, 5.41) is 11.4. The van der Waals surface area contributed by atoms with Gasteiger partial charge in [-0.2, -0.15) is 0 Å². The molecule has 2 heterocycles. The van der Waals surface area contributed by atoms with E-state index in [2.05, 4.69) is 20.6 Å². The fourth-order valence-corrected chi connectivity index (χ4v) is 3.07. The van der Waals surface area contributed by atoms with Crippen LogP contribution in [-0.2, 0) is 6.54 Å². The molecule has 0 aliphatic heterocycles. The lowest BCUT2D eigenvalue weighted by molar-refractivity contribution is 0.0946. The number of pyridine rings is 1. The molecular weight excluding hydrogens is 378 g/mol. The summed E-state index contributed by atoms with van der Waals surface area (Å²) in [5.74, 6) is 0.437. The Balaban J connectivity index is 1.67. The van der Waals surface area contributed by atoms with Crippen molar-refractivity contribution in [2.24, 2.45) is 0 Å². The van der Waals surface area contributed by atoms with Gasteiger partial charge in [0, 0.05) is 24.5 Å². The maximum atomic E-state index is 13.0. The Morgan fingerprint density at radius 1 is 1.07 bits per heavy atom. The second kappa shape index (κ2) is 8.57. The number of carbonyl (C=O) groups excluding carboxylic acids is 1. The highest BCUT2D eigenvalue weighted by Gasteiger charge is 2.22. The number of amides is 1. The molecule has 0 aliphatic carbocycles. The molecule has 4 aromatic rings. The summed E-state index contributed by atoms with van der Waals surface area (Å²) >= 11 is 0. The van der Waals surface area contributed by atoms with E-state index in [1.54, 1.807) is 24.2 Å². The van der Waals surface area contributed by atoms with Gasteiger partial charge in [-0.15, -0.1) is 5.10 Å². The van der Waals surface area contributed by atoms with E-state index < -0.39 is 0 Å². The van der Waals surface area contributed by atoms with Gasteiger partial charge in [-0.25, -0.2) is 4.68 Å². The van der Waals surface area contributed by atoms with Crippen LogP contribution in [0.15, 0.2) is 73.1 Å². The van der Waals surface area contributed by atoms with Crippen molar-refractivity contribution >= 4 is 5.91 Å². The van der Waals surface area contributed by atoms with Gasteiger partial charge < -0.3 is 10.1 Å². The van der Waals surface area contributed by atoms with Crippen molar-refractivity contribution in [3.05, 3.63) is 89.9 Å². The summed E-state index contributed by atoms with van der Waals surface area (Å²) < 4.78 is 6.86. The molecular formula is C23H21N5O2. The van der Waals surface area contributed by atoms with Crippen LogP contribution in [0, 0.1) is 6.92 Å². The first-order chi connectivity index (χ1) is 14.7. The number of hydrogen-bond acceptors (Lipinski definition) is 5. The number of benzene rings is 2. The molecule has 2 aromatic heterocycles. The Morgan fingerprint density at radius 3 is 2.50 bits per heavy atom. The highest BCUT2D eigenvalue weighted by Crippen LogP contribution is 2.25. The Morgan fingerprint density at radius 2 is 1.83 bits per heavy atom. The van der Waals surface area contributed by atoms with E-state index in [1.165, 1.54) is 5.56 Å². The molecule has 150 valence electrons. The first kappa shape index (κ1) is 19.3. The minimum atomic E-state index is -0.297. The van der Waals surface area contributed by atoms with Crippen LogP contribution in [-0.4, -0.2) is 33.0 Å². The monoisotopic (exact) mass is 399 g/mol. The van der Waals surface area contributed by atoms with Crippen molar-refractivity contribution < 1.29 is 9.53 Å². The molecule has 1 amide bonds. The third kappa shape index (κ3) is 4.05. The van der Waals surface area contributed by atoms with Crippen molar-refractivity contribution in [3.63, 3.8) is 0 Å². The van der Waals surface area contributed by atoms with E-state index in [1.807, 2.05) is 67.6 Å². The van der Waals surface area contributed by atoms with Crippen molar-refractivity contribution in [3.8, 4) is 22.7 Å². The van der Waals surface area contributed by atoms with Crippen LogP contribution < -0.4 is 10.1 Å². The van der Waals surface area contributed by atoms with Gasteiger partial charge in [0.25, 0.3) is 5.91 Å². The summed E-state index contributed by atoms with van der Waals surface area (Å²) in [6.45, 7) is 2.43. The average molecular weight is 399 g/mol. The SMILES string of the molecule is COc1ccc(-n2nnc(C(=O)NCc3ccc(C)cc3)c2-c2cccnc2)cc1. The van der Waals surface area contributed by atoms with Crippen molar-refractivity contribution in [2.75, 3.05) is 7.11 Å². The topological polar surface area (TPSA) is 81.9 Å². The highest BCUT2D eigenvalue weighted by molar-refractivity contribution is 5.98. The molecule has 0 aliphatic rings. The quantitative estimate of drug-likeness (QED) is 0.536. The Labute approximate surface area is 174 Å². The highest BCUT2D eigenvalue weighted by atomic mass is 16.5. The zero-order chi connectivity index (χ0) is 20.9. The normalized spacial score (nSPS) is 10.6. The van der Waals surface area contributed by atoms with Gasteiger partial charge in [-0.05, 0) is 48.9 Å². The number of methoxy groups -OCH3 is 1. The van der Waals surface area contributed by atoms with E-state index in [0.717, 1.165) is 22.6 Å². The van der Waals surface area contributed by atoms with Gasteiger partial charge in [0.2, 0.25) is 0 Å². The van der Waals surface area contributed by atoms with Crippen LogP contribution in [0.5, 0.6) is 5.75 Å². The number of aryl methyl sites for hydroxylation is 1. The average Bonchev–Trinajstić information content (AvgIpc) is 3.24. The molecule has 0 radical (unpaired) electrons. The van der Waals surface area contributed by atoms with Crippen LogP contribution in [0.4, 0.5) is 0 Å². The second-order valence-electron chi connectivity index (χ2n) is 6.81. The maximum Gasteiger partial charge on any atom is 0.274 e. The summed E-state index contributed by atoms with van der Waals surface area (Å²) in [4.78, 5) is 17.1. The summed E-state index contributed by atoms with van der Waals surface area (Å²) in [6, 6.07) is 19.1. The molecule has 0 saturated carbocycles. The molecule has 2 aromatic carbocycles. The van der Waals surface area contributed by atoms with Gasteiger partial charge in [0.1, 0.15) is 11.4 Å². The van der Waals surface area contributed by atoms with Crippen LogP contribution in [0.3, 0.4) is 0 Å². The minimum Gasteiger partial charge on any atom is -0.497 e. The Kier molecular flexibility index (Phi) is 5.52. The van der Waals surface area contributed by atoms with Crippen molar-refractivity contribution in [1.82, 2.24) is 25.3 Å². The predicted octanol–water partition coefficient (Wildman–Crippen LogP) is 3.58. The van der Waals surface area contributed by atoms with Gasteiger partial charge in [0.15, 0.2) is 5.69 Å². The molecule has 7 heteroatoms. The van der Waals surface area contributed by atoms with E-state index in [4.69, 9.17) is 4.74 Å². The molecule has 0 unspecified atom stereocenters. The first-order valence-electron chi connectivity index (χ1n) is 9.50. The third-order valence-corrected chi connectivity index (χ3v) is 4.71. The lowest BCUT2D eigenvalue weighted by Crippen LogP contribution is -2.24. The van der Waals surface area contributed by atoms with Gasteiger partial charge >= 0.3 is 0 Å². The molecule has 4 rings (SSSR count). The third-order valence-electron chi connectivity index (χ3n) is 4.71. The van der Waals surface area contributed by atoms with Gasteiger partial charge in [-0.3, -0.25) is 9.78 Å². The fraction of sp³-hybridized carbons (Fsp3) is 0.130. The van der Waals surface area contributed by atoms with Crippen LogP contribution in [0.2, 0.25) is 0 Å². The van der Waals surface area contributed by atoms with Gasteiger partial charge in [-0.1, -0.05) is 35.0 Å². The van der Waals surface area contributed by atoms with E-state index in [0.29, 0.717) is 12.2 Å². The summed E-state index contributed by atoms with van der Waals surface area (Å²) in [7, 11) is 1.61. The standard InChI is InChI=1S/C23H21N5O2/c1-16-5-7-17(8-6-16)14-25-23(29)21-22(18-4-3-13-24-15-18)28(27-26-21)19-9-11-20(30-2)12-10-19/h3-13,15H,14H2,1-2H3,(H,25,29). The number of aromatic nitrogens is 4. The van der Waals surface area contributed by atoms with Gasteiger partial charge in [0.05, 0.1) is 12.8 Å². The van der Waals surface area contributed by atoms with Crippen molar-refractivity contribution in [2.45, 2.75) is 13.5 Å². The fourth-order valence-electron chi connectivity index (χ4n) is 3.07. The molecule has 0 bridgehead atoms. The zero-order valence-electron chi connectivity index (χ0n) is 16.7. The first-order valence-corrected chi connectivity index (χ1v) is 9.50. The smallest absolute Gasteiger partial charge is 0.274 e. The Hall–Kier alpha value is -4.00. The maximum absolute atomic E-state index is 13.0. The molecule has 7 nitrogen and oxygen atoms in total. The number of ether oxygens (including phenoxy) is 1. The molecule has 0 fully saturated rings. The summed E-state index contributed by atoms with van der Waals surface area (Å²) in [5.41, 5.74) is 4.52. The van der Waals surface area contributed by atoms with Crippen LogP contribution >= 0.6 is 0 Å². The number of nitrogens with one attached hydrogen (secondary N) is 1. The largest absolute Gasteiger partial charge is 0.497 e.